The Morgan fingerprint density at radius 1 is 1.17 bits per heavy atom. The van der Waals surface area contributed by atoms with Crippen molar-refractivity contribution in [2.24, 2.45) is 0 Å². The van der Waals surface area contributed by atoms with Crippen LogP contribution in [0.2, 0.25) is 0 Å². The number of aliphatic hydroxyl groups is 2. The fourth-order valence-electron chi connectivity index (χ4n) is 1.72. The minimum absolute atomic E-state index is 0.0962. The molecule has 0 radical (unpaired) electrons. The summed E-state index contributed by atoms with van der Waals surface area (Å²) in [6, 6.07) is 8.09. The van der Waals surface area contributed by atoms with E-state index < -0.39 is 5.54 Å². The Balaban J connectivity index is 2.12. The number of hydrogen-bond donors (Lipinski definition) is 3. The molecule has 96 valence electrons. The molecule has 0 saturated carbocycles. The SMILES string of the molecule is CC(CO)(CO)NCc1ccc2cnccc2c1. The molecule has 4 heteroatoms. The van der Waals surface area contributed by atoms with Crippen LogP contribution in [0.4, 0.5) is 0 Å². The van der Waals surface area contributed by atoms with Gasteiger partial charge in [0.25, 0.3) is 0 Å². The fraction of sp³-hybridized carbons (Fsp3) is 0.357. The van der Waals surface area contributed by atoms with Crippen molar-refractivity contribution >= 4 is 10.8 Å². The molecule has 0 unspecified atom stereocenters. The maximum atomic E-state index is 9.20. The molecule has 0 aliphatic rings. The van der Waals surface area contributed by atoms with Gasteiger partial charge in [-0.3, -0.25) is 4.98 Å². The van der Waals surface area contributed by atoms with Gasteiger partial charge in [-0.25, -0.2) is 0 Å². The molecule has 0 aliphatic heterocycles. The third kappa shape index (κ3) is 2.85. The second kappa shape index (κ2) is 5.44. The molecule has 0 bridgehead atoms. The lowest BCUT2D eigenvalue weighted by atomic mass is 10.0. The topological polar surface area (TPSA) is 65.4 Å². The molecule has 4 nitrogen and oxygen atoms in total. The summed E-state index contributed by atoms with van der Waals surface area (Å²) in [7, 11) is 0. The Hall–Kier alpha value is -1.49. The minimum Gasteiger partial charge on any atom is -0.394 e. The largest absolute Gasteiger partial charge is 0.394 e. The lowest BCUT2D eigenvalue weighted by Crippen LogP contribution is -2.48. The van der Waals surface area contributed by atoms with Crippen LogP contribution in [0.5, 0.6) is 0 Å². The van der Waals surface area contributed by atoms with Gasteiger partial charge in [0, 0.05) is 24.3 Å². The summed E-state index contributed by atoms with van der Waals surface area (Å²) in [5, 5.41) is 23.8. The average molecular weight is 246 g/mol. The quantitative estimate of drug-likeness (QED) is 0.738. The lowest BCUT2D eigenvalue weighted by molar-refractivity contribution is 0.103. The second-order valence-electron chi connectivity index (χ2n) is 4.79. The predicted molar refractivity (Wildman–Crippen MR) is 71.2 cm³/mol. The molecule has 0 aliphatic carbocycles. The van der Waals surface area contributed by atoms with Crippen LogP contribution in [-0.4, -0.2) is 33.9 Å². The Kier molecular flexibility index (Phi) is 3.91. The van der Waals surface area contributed by atoms with E-state index >= 15 is 0 Å². The van der Waals surface area contributed by atoms with Crippen molar-refractivity contribution < 1.29 is 10.2 Å². The average Bonchev–Trinajstić information content (AvgIpc) is 2.44. The van der Waals surface area contributed by atoms with E-state index in [4.69, 9.17) is 0 Å². The highest BCUT2D eigenvalue weighted by Crippen LogP contribution is 2.15. The Bertz CT molecular complexity index is 524. The molecule has 0 spiro atoms. The summed E-state index contributed by atoms with van der Waals surface area (Å²) in [6.07, 6.45) is 3.60. The fourth-order valence-corrected chi connectivity index (χ4v) is 1.72. The van der Waals surface area contributed by atoms with E-state index in [2.05, 4.69) is 16.4 Å². The molecule has 3 N–H and O–H groups in total. The number of rotatable bonds is 5. The summed E-state index contributed by atoms with van der Waals surface area (Å²) in [4.78, 5) is 4.07. The van der Waals surface area contributed by atoms with Crippen molar-refractivity contribution in [3.05, 3.63) is 42.2 Å². The van der Waals surface area contributed by atoms with Gasteiger partial charge in [0.15, 0.2) is 0 Å². The molecule has 1 heterocycles. The second-order valence-corrected chi connectivity index (χ2v) is 4.79. The van der Waals surface area contributed by atoms with Crippen molar-refractivity contribution in [1.82, 2.24) is 10.3 Å². The van der Waals surface area contributed by atoms with Gasteiger partial charge < -0.3 is 15.5 Å². The summed E-state index contributed by atoms with van der Waals surface area (Å²) >= 11 is 0. The number of benzene rings is 1. The van der Waals surface area contributed by atoms with E-state index in [0.29, 0.717) is 6.54 Å². The van der Waals surface area contributed by atoms with Crippen molar-refractivity contribution in [2.45, 2.75) is 19.0 Å². The normalized spacial score (nSPS) is 11.9. The molecular weight excluding hydrogens is 228 g/mol. The highest BCUT2D eigenvalue weighted by atomic mass is 16.3. The zero-order valence-corrected chi connectivity index (χ0v) is 10.4. The Morgan fingerprint density at radius 2 is 1.94 bits per heavy atom. The van der Waals surface area contributed by atoms with Gasteiger partial charge in [-0.15, -0.1) is 0 Å². The molecule has 0 atom stereocenters. The first-order chi connectivity index (χ1) is 8.67. The number of aliphatic hydroxyl groups excluding tert-OH is 2. The first-order valence-corrected chi connectivity index (χ1v) is 5.96. The maximum Gasteiger partial charge on any atom is 0.0633 e. The predicted octanol–water partition coefficient (Wildman–Crippen LogP) is 1.07. The number of hydrogen-bond acceptors (Lipinski definition) is 4. The molecular formula is C14H18N2O2. The van der Waals surface area contributed by atoms with Crippen LogP contribution in [0.3, 0.4) is 0 Å². The van der Waals surface area contributed by atoms with Crippen LogP contribution >= 0.6 is 0 Å². The van der Waals surface area contributed by atoms with Crippen LogP contribution in [0.25, 0.3) is 10.8 Å². The Morgan fingerprint density at radius 3 is 2.67 bits per heavy atom. The van der Waals surface area contributed by atoms with Gasteiger partial charge in [0.1, 0.15) is 0 Å². The standard InChI is InChI=1S/C14H18N2O2/c1-14(9-17,10-18)16-7-11-2-3-13-8-15-5-4-12(13)6-11/h2-6,8,16-18H,7,9-10H2,1H3. The first kappa shape index (κ1) is 13.0. The van der Waals surface area contributed by atoms with Crippen LogP contribution in [0.1, 0.15) is 12.5 Å². The van der Waals surface area contributed by atoms with Crippen LogP contribution < -0.4 is 5.32 Å². The molecule has 0 fully saturated rings. The monoisotopic (exact) mass is 246 g/mol. The molecule has 0 amide bonds. The number of fused-ring (bicyclic) bond motifs is 1. The third-order valence-electron chi connectivity index (χ3n) is 3.12. The smallest absolute Gasteiger partial charge is 0.0633 e. The zero-order valence-electron chi connectivity index (χ0n) is 10.4. The van der Waals surface area contributed by atoms with Gasteiger partial charge in [0.2, 0.25) is 0 Å². The molecule has 0 saturated heterocycles. The van der Waals surface area contributed by atoms with Gasteiger partial charge in [-0.2, -0.15) is 0 Å². The van der Waals surface area contributed by atoms with Crippen LogP contribution in [-0.2, 0) is 6.54 Å². The van der Waals surface area contributed by atoms with Crippen molar-refractivity contribution in [2.75, 3.05) is 13.2 Å². The van der Waals surface area contributed by atoms with Crippen molar-refractivity contribution in [1.29, 1.82) is 0 Å². The zero-order chi connectivity index (χ0) is 13.0. The molecule has 1 aromatic heterocycles. The summed E-state index contributed by atoms with van der Waals surface area (Å²) in [6.45, 7) is 2.20. The maximum absolute atomic E-state index is 9.20. The van der Waals surface area contributed by atoms with E-state index in [1.807, 2.05) is 24.4 Å². The Labute approximate surface area is 106 Å². The first-order valence-electron chi connectivity index (χ1n) is 5.96. The summed E-state index contributed by atoms with van der Waals surface area (Å²) in [5.41, 5.74) is 0.467. The molecule has 2 rings (SSSR count). The van der Waals surface area contributed by atoms with Crippen LogP contribution in [0.15, 0.2) is 36.7 Å². The van der Waals surface area contributed by atoms with E-state index in [1.165, 1.54) is 0 Å². The van der Waals surface area contributed by atoms with E-state index in [0.717, 1.165) is 16.3 Å². The van der Waals surface area contributed by atoms with Crippen molar-refractivity contribution in [3.63, 3.8) is 0 Å². The number of nitrogens with zero attached hydrogens (tertiary/aromatic N) is 1. The highest BCUT2D eigenvalue weighted by molar-refractivity contribution is 5.81. The number of nitrogens with one attached hydrogen (secondary N) is 1. The number of aromatic nitrogens is 1. The van der Waals surface area contributed by atoms with E-state index in [1.54, 1.807) is 13.1 Å². The van der Waals surface area contributed by atoms with Gasteiger partial charge >= 0.3 is 0 Å². The third-order valence-corrected chi connectivity index (χ3v) is 3.12. The molecule has 18 heavy (non-hydrogen) atoms. The van der Waals surface area contributed by atoms with E-state index in [-0.39, 0.29) is 13.2 Å². The summed E-state index contributed by atoms with van der Waals surface area (Å²) < 4.78 is 0. The van der Waals surface area contributed by atoms with Gasteiger partial charge in [0.05, 0.1) is 18.8 Å². The van der Waals surface area contributed by atoms with Crippen molar-refractivity contribution in [3.8, 4) is 0 Å². The van der Waals surface area contributed by atoms with Gasteiger partial charge in [-0.05, 0) is 30.0 Å². The van der Waals surface area contributed by atoms with Gasteiger partial charge in [-0.1, -0.05) is 12.1 Å². The summed E-state index contributed by atoms with van der Waals surface area (Å²) in [5.74, 6) is 0. The highest BCUT2D eigenvalue weighted by Gasteiger charge is 2.20. The molecule has 2 aromatic rings. The lowest BCUT2D eigenvalue weighted by Gasteiger charge is -2.26. The number of pyridine rings is 1. The molecule has 1 aromatic carbocycles. The van der Waals surface area contributed by atoms with Crippen LogP contribution in [0, 0.1) is 0 Å². The van der Waals surface area contributed by atoms with E-state index in [9.17, 15) is 10.2 Å². The minimum atomic E-state index is -0.646.